The number of hydrogen-bond acceptors (Lipinski definition) is 4. The van der Waals surface area contributed by atoms with E-state index < -0.39 is 22.0 Å². The SMILES string of the molecule is COc1ccc(S(=O)(=O)NC(C)C(=O)O)cc1Cl. The summed E-state index contributed by atoms with van der Waals surface area (Å²) in [7, 11) is -2.52. The molecule has 18 heavy (non-hydrogen) atoms. The zero-order chi connectivity index (χ0) is 13.9. The predicted octanol–water partition coefficient (Wildman–Crippen LogP) is 1.10. The van der Waals surface area contributed by atoms with Crippen LogP contribution in [0.5, 0.6) is 5.75 Å². The minimum absolute atomic E-state index is 0.124. The molecular formula is C10H12ClNO5S. The van der Waals surface area contributed by atoms with Gasteiger partial charge in [-0.3, -0.25) is 4.79 Å². The molecule has 0 bridgehead atoms. The number of benzene rings is 1. The molecule has 2 N–H and O–H groups in total. The summed E-state index contributed by atoms with van der Waals surface area (Å²) in [6.07, 6.45) is 0. The fourth-order valence-electron chi connectivity index (χ4n) is 1.17. The molecule has 1 rings (SSSR count). The lowest BCUT2D eigenvalue weighted by Gasteiger charge is -2.11. The molecule has 1 atom stereocenters. The van der Waals surface area contributed by atoms with Crippen molar-refractivity contribution in [2.24, 2.45) is 0 Å². The summed E-state index contributed by atoms with van der Waals surface area (Å²) in [6.45, 7) is 1.23. The van der Waals surface area contributed by atoms with Crippen LogP contribution in [0.3, 0.4) is 0 Å². The molecule has 0 aromatic heterocycles. The Morgan fingerprint density at radius 2 is 2.11 bits per heavy atom. The van der Waals surface area contributed by atoms with Gasteiger partial charge < -0.3 is 9.84 Å². The third kappa shape index (κ3) is 3.34. The van der Waals surface area contributed by atoms with Gasteiger partial charge in [0, 0.05) is 0 Å². The molecule has 0 aliphatic rings. The minimum Gasteiger partial charge on any atom is -0.495 e. The van der Waals surface area contributed by atoms with Crippen molar-refractivity contribution in [3.05, 3.63) is 23.2 Å². The molecule has 0 saturated carbocycles. The van der Waals surface area contributed by atoms with Gasteiger partial charge in [-0.25, -0.2) is 8.42 Å². The zero-order valence-electron chi connectivity index (χ0n) is 9.68. The molecule has 1 aromatic rings. The summed E-state index contributed by atoms with van der Waals surface area (Å²) < 4.78 is 30.6. The fraction of sp³-hybridized carbons (Fsp3) is 0.300. The number of carboxylic acid groups (broad SMARTS) is 1. The number of sulfonamides is 1. The number of halogens is 1. The van der Waals surface area contributed by atoms with Crippen molar-refractivity contribution in [1.82, 2.24) is 4.72 Å². The Morgan fingerprint density at radius 1 is 1.50 bits per heavy atom. The van der Waals surface area contributed by atoms with Crippen LogP contribution in [0.2, 0.25) is 5.02 Å². The van der Waals surface area contributed by atoms with Gasteiger partial charge in [0.05, 0.1) is 17.0 Å². The van der Waals surface area contributed by atoms with Crippen molar-refractivity contribution in [3.8, 4) is 5.75 Å². The summed E-state index contributed by atoms with van der Waals surface area (Å²) in [4.78, 5) is 10.5. The molecule has 6 nitrogen and oxygen atoms in total. The molecule has 1 aromatic carbocycles. The second-order valence-electron chi connectivity index (χ2n) is 3.48. The average Bonchev–Trinajstić information content (AvgIpc) is 2.28. The summed E-state index contributed by atoms with van der Waals surface area (Å²) in [5.41, 5.74) is 0. The fourth-order valence-corrected chi connectivity index (χ4v) is 2.71. The smallest absolute Gasteiger partial charge is 0.321 e. The molecule has 8 heteroatoms. The maximum absolute atomic E-state index is 11.8. The number of methoxy groups -OCH3 is 1. The Balaban J connectivity index is 3.06. The van der Waals surface area contributed by atoms with Crippen LogP contribution in [0.15, 0.2) is 23.1 Å². The van der Waals surface area contributed by atoms with Crippen LogP contribution in [0.25, 0.3) is 0 Å². The van der Waals surface area contributed by atoms with Crippen LogP contribution in [-0.2, 0) is 14.8 Å². The molecule has 0 amide bonds. The van der Waals surface area contributed by atoms with Crippen molar-refractivity contribution in [2.75, 3.05) is 7.11 Å². The normalized spacial score (nSPS) is 13.1. The van der Waals surface area contributed by atoms with E-state index in [4.69, 9.17) is 21.4 Å². The lowest BCUT2D eigenvalue weighted by molar-refractivity contribution is -0.138. The van der Waals surface area contributed by atoms with E-state index in [2.05, 4.69) is 0 Å². The third-order valence-electron chi connectivity index (χ3n) is 2.14. The number of hydrogen-bond donors (Lipinski definition) is 2. The Hall–Kier alpha value is -1.31. The number of nitrogens with one attached hydrogen (secondary N) is 1. The minimum atomic E-state index is -3.92. The highest BCUT2D eigenvalue weighted by atomic mass is 35.5. The first-order chi connectivity index (χ1) is 8.27. The third-order valence-corrected chi connectivity index (χ3v) is 3.97. The van der Waals surface area contributed by atoms with Crippen LogP contribution in [0, 0.1) is 0 Å². The van der Waals surface area contributed by atoms with Gasteiger partial charge in [0.15, 0.2) is 0 Å². The van der Waals surface area contributed by atoms with Gasteiger partial charge in [-0.05, 0) is 25.1 Å². The highest BCUT2D eigenvalue weighted by Gasteiger charge is 2.22. The Labute approximate surface area is 110 Å². The lowest BCUT2D eigenvalue weighted by Crippen LogP contribution is -2.38. The molecule has 1 unspecified atom stereocenters. The lowest BCUT2D eigenvalue weighted by atomic mass is 10.3. The maximum Gasteiger partial charge on any atom is 0.321 e. The largest absolute Gasteiger partial charge is 0.495 e. The average molecular weight is 294 g/mol. The summed E-state index contributed by atoms with van der Waals surface area (Å²) in [6, 6.07) is 2.64. The van der Waals surface area contributed by atoms with Crippen molar-refractivity contribution < 1.29 is 23.1 Å². The zero-order valence-corrected chi connectivity index (χ0v) is 11.2. The predicted molar refractivity (Wildman–Crippen MR) is 65.4 cm³/mol. The molecule has 0 aliphatic heterocycles. The van der Waals surface area contributed by atoms with E-state index in [0.29, 0.717) is 5.75 Å². The standard InChI is InChI=1S/C10H12ClNO5S/c1-6(10(13)14)12-18(15,16)7-3-4-9(17-2)8(11)5-7/h3-6,12H,1-2H3,(H,13,14). The molecule has 0 heterocycles. The van der Waals surface area contributed by atoms with Gasteiger partial charge in [-0.2, -0.15) is 4.72 Å². The van der Waals surface area contributed by atoms with E-state index in [1.165, 1.54) is 32.2 Å². The van der Waals surface area contributed by atoms with Gasteiger partial charge >= 0.3 is 5.97 Å². The Bertz CT molecular complexity index is 557. The summed E-state index contributed by atoms with van der Waals surface area (Å²) in [5.74, 6) is -0.930. The number of carbonyl (C=O) groups is 1. The van der Waals surface area contributed by atoms with Crippen molar-refractivity contribution in [3.63, 3.8) is 0 Å². The number of ether oxygens (including phenoxy) is 1. The van der Waals surface area contributed by atoms with Crippen molar-refractivity contribution in [1.29, 1.82) is 0 Å². The van der Waals surface area contributed by atoms with E-state index in [1.807, 2.05) is 4.72 Å². The quantitative estimate of drug-likeness (QED) is 0.848. The van der Waals surface area contributed by atoms with Crippen LogP contribution in [-0.4, -0.2) is 32.6 Å². The van der Waals surface area contributed by atoms with Gasteiger partial charge in [0.2, 0.25) is 10.0 Å². The van der Waals surface area contributed by atoms with E-state index in [-0.39, 0.29) is 9.92 Å². The monoisotopic (exact) mass is 293 g/mol. The van der Waals surface area contributed by atoms with Gasteiger partial charge in [0.25, 0.3) is 0 Å². The first-order valence-electron chi connectivity index (χ1n) is 4.86. The van der Waals surface area contributed by atoms with Crippen molar-refractivity contribution in [2.45, 2.75) is 17.9 Å². The first-order valence-corrected chi connectivity index (χ1v) is 6.72. The topological polar surface area (TPSA) is 92.7 Å². The second-order valence-corrected chi connectivity index (χ2v) is 5.60. The summed E-state index contributed by atoms with van der Waals surface area (Å²) >= 11 is 5.80. The van der Waals surface area contributed by atoms with Crippen LogP contribution >= 0.6 is 11.6 Å². The number of rotatable bonds is 5. The molecular weight excluding hydrogens is 282 g/mol. The maximum atomic E-state index is 11.8. The van der Waals surface area contributed by atoms with Gasteiger partial charge in [-0.15, -0.1) is 0 Å². The van der Waals surface area contributed by atoms with Crippen LogP contribution in [0.1, 0.15) is 6.92 Å². The first kappa shape index (κ1) is 14.7. The molecule has 0 aliphatic carbocycles. The highest BCUT2D eigenvalue weighted by molar-refractivity contribution is 7.89. The van der Waals surface area contributed by atoms with E-state index in [0.717, 1.165) is 0 Å². The molecule has 100 valence electrons. The summed E-state index contributed by atoms with van der Waals surface area (Å²) in [5, 5.41) is 8.78. The van der Waals surface area contributed by atoms with Crippen LogP contribution in [0.4, 0.5) is 0 Å². The van der Waals surface area contributed by atoms with E-state index >= 15 is 0 Å². The van der Waals surface area contributed by atoms with E-state index in [1.54, 1.807) is 0 Å². The molecule has 0 radical (unpaired) electrons. The Morgan fingerprint density at radius 3 is 2.56 bits per heavy atom. The highest BCUT2D eigenvalue weighted by Crippen LogP contribution is 2.26. The van der Waals surface area contributed by atoms with Crippen molar-refractivity contribution >= 4 is 27.6 Å². The second kappa shape index (κ2) is 5.55. The number of carboxylic acids is 1. The van der Waals surface area contributed by atoms with Gasteiger partial charge in [0.1, 0.15) is 11.8 Å². The Kier molecular flexibility index (Phi) is 4.55. The number of aliphatic carboxylic acids is 1. The molecule has 0 spiro atoms. The molecule has 0 saturated heterocycles. The van der Waals surface area contributed by atoms with Crippen LogP contribution < -0.4 is 9.46 Å². The van der Waals surface area contributed by atoms with E-state index in [9.17, 15) is 13.2 Å². The van der Waals surface area contributed by atoms with Gasteiger partial charge in [-0.1, -0.05) is 11.6 Å². The molecule has 0 fully saturated rings.